The Bertz CT molecular complexity index is 755. The molecule has 2 N–H and O–H groups in total. The zero-order valence-corrected chi connectivity index (χ0v) is 27.8. The van der Waals surface area contributed by atoms with Crippen LogP contribution in [0.25, 0.3) is 0 Å². The van der Waals surface area contributed by atoms with E-state index >= 15 is 0 Å². The van der Waals surface area contributed by atoms with Crippen LogP contribution in [0.4, 0.5) is 0 Å². The molecule has 0 aromatic carbocycles. The standard InChI is InChI=1S/C13H20O2.C11H26O4Si3.C2H6O2/c1-5-11(14)15-10-8-9-6-7-13(10,4)12(9,2)3;1-9-11(12)13-10-18(8,14-16(2,3)4)15-17(5,6)7;3-1-2-4/h5,9-10H,1,6-8H2,2-4H3;9H,1,10H2,2-8H3;3-4H,1-2H2. The van der Waals surface area contributed by atoms with Crippen LogP contribution in [0.15, 0.2) is 25.3 Å². The number of aliphatic hydroxyl groups is 2. The van der Waals surface area contributed by atoms with E-state index in [4.69, 9.17) is 27.9 Å². The lowest BCUT2D eigenvalue weighted by atomic mass is 9.70. The highest BCUT2D eigenvalue weighted by Gasteiger charge is 2.62. The molecule has 0 aromatic heterocycles. The molecular weight excluding hydrogens is 525 g/mol. The predicted molar refractivity (Wildman–Crippen MR) is 155 cm³/mol. The average molecular weight is 577 g/mol. The Kier molecular flexibility index (Phi) is 13.9. The van der Waals surface area contributed by atoms with Crippen LogP contribution in [0.1, 0.15) is 40.0 Å². The minimum Gasteiger partial charge on any atom is -0.461 e. The van der Waals surface area contributed by atoms with E-state index in [1.807, 2.05) is 6.55 Å². The van der Waals surface area contributed by atoms with Gasteiger partial charge in [0.1, 0.15) is 12.3 Å². The average Bonchev–Trinajstić information content (AvgIpc) is 3.09. The molecule has 0 amide bonds. The van der Waals surface area contributed by atoms with Gasteiger partial charge in [-0.3, -0.25) is 0 Å². The summed E-state index contributed by atoms with van der Waals surface area (Å²) in [5.74, 6) is 0.0155. The molecule has 2 rings (SSSR count). The van der Waals surface area contributed by atoms with Gasteiger partial charge < -0.3 is 27.9 Å². The van der Waals surface area contributed by atoms with Crippen molar-refractivity contribution in [3.8, 4) is 0 Å². The second-order valence-corrected chi connectivity index (χ2v) is 25.2. The van der Waals surface area contributed by atoms with E-state index in [9.17, 15) is 9.59 Å². The molecule has 8 nitrogen and oxygen atoms in total. The number of ether oxygens (including phenoxy) is 2. The van der Waals surface area contributed by atoms with Gasteiger partial charge >= 0.3 is 20.5 Å². The van der Waals surface area contributed by atoms with Crippen molar-refractivity contribution in [2.75, 3.05) is 19.4 Å². The van der Waals surface area contributed by atoms with Gasteiger partial charge in [0.25, 0.3) is 0 Å². The number of carbonyl (C=O) groups excluding carboxylic acids is 2. The zero-order valence-electron chi connectivity index (χ0n) is 24.8. The third kappa shape index (κ3) is 11.7. The van der Waals surface area contributed by atoms with Crippen LogP contribution in [-0.4, -0.2) is 72.9 Å². The van der Waals surface area contributed by atoms with Gasteiger partial charge in [-0.2, -0.15) is 0 Å². The number of fused-ring (bicyclic) bond motifs is 2. The molecule has 37 heavy (non-hydrogen) atoms. The highest BCUT2D eigenvalue weighted by atomic mass is 28.5. The van der Waals surface area contributed by atoms with Crippen molar-refractivity contribution in [1.82, 2.24) is 0 Å². The van der Waals surface area contributed by atoms with Gasteiger partial charge in [-0.15, -0.1) is 0 Å². The number of hydrogen-bond donors (Lipinski definition) is 2. The predicted octanol–water partition coefficient (Wildman–Crippen LogP) is 4.93. The van der Waals surface area contributed by atoms with E-state index in [1.54, 1.807) is 0 Å². The Hall–Kier alpha value is -1.09. The van der Waals surface area contributed by atoms with Crippen LogP contribution in [0.3, 0.4) is 0 Å². The van der Waals surface area contributed by atoms with Crippen molar-refractivity contribution >= 4 is 37.1 Å². The van der Waals surface area contributed by atoms with Crippen molar-refractivity contribution in [3.05, 3.63) is 25.3 Å². The second-order valence-electron chi connectivity index (χ2n) is 12.6. The Labute approximate surface area is 227 Å². The smallest absolute Gasteiger partial charge is 0.353 e. The Balaban J connectivity index is 0.000000617. The van der Waals surface area contributed by atoms with Crippen molar-refractivity contribution in [3.63, 3.8) is 0 Å². The SMILES string of the molecule is C=CC(=O)OC1CC2CCC1(C)C2(C)C.C=CC(=O)OC[Si](C)(O[Si](C)(C)C)O[Si](C)(C)C.OCCO. The molecule has 2 aliphatic rings. The fourth-order valence-corrected chi connectivity index (χ4v) is 16.9. The Morgan fingerprint density at radius 2 is 1.35 bits per heavy atom. The lowest BCUT2D eigenvalue weighted by Gasteiger charge is -2.38. The first-order chi connectivity index (χ1) is 16.7. The highest BCUT2D eigenvalue weighted by molar-refractivity contribution is 6.87. The van der Waals surface area contributed by atoms with Crippen molar-refractivity contribution in [1.29, 1.82) is 0 Å². The molecule has 2 fully saturated rings. The molecule has 216 valence electrons. The fourth-order valence-electron chi connectivity index (χ4n) is 5.13. The minimum atomic E-state index is -2.47. The van der Waals surface area contributed by atoms with Crippen molar-refractivity contribution < 1.29 is 37.5 Å². The fraction of sp³-hybridized carbons (Fsp3) is 0.769. The van der Waals surface area contributed by atoms with Gasteiger partial charge in [-0.05, 0) is 76.4 Å². The molecule has 2 aliphatic carbocycles. The van der Waals surface area contributed by atoms with E-state index in [-0.39, 0.29) is 36.9 Å². The molecule has 0 aromatic rings. The summed E-state index contributed by atoms with van der Waals surface area (Å²) in [4.78, 5) is 22.4. The number of aliphatic hydroxyl groups excluding tert-OH is 2. The van der Waals surface area contributed by atoms with E-state index in [2.05, 4.69) is 73.2 Å². The number of carbonyl (C=O) groups is 2. The largest absolute Gasteiger partial charge is 0.461 e. The molecule has 0 saturated heterocycles. The molecule has 2 saturated carbocycles. The molecule has 3 atom stereocenters. The molecule has 11 heteroatoms. The van der Waals surface area contributed by atoms with Gasteiger partial charge in [-0.1, -0.05) is 33.9 Å². The lowest BCUT2D eigenvalue weighted by Crippen LogP contribution is -2.56. The Morgan fingerprint density at radius 3 is 1.65 bits per heavy atom. The van der Waals surface area contributed by atoms with Crippen molar-refractivity contribution in [2.45, 2.75) is 92.0 Å². The quantitative estimate of drug-likeness (QED) is 0.214. The highest BCUT2D eigenvalue weighted by Crippen LogP contribution is 2.66. The molecular formula is C26H52O8Si3. The molecule has 0 spiro atoms. The van der Waals surface area contributed by atoms with Crippen LogP contribution >= 0.6 is 0 Å². The van der Waals surface area contributed by atoms with E-state index in [0.717, 1.165) is 12.5 Å². The van der Waals surface area contributed by atoms with E-state index in [1.165, 1.54) is 18.9 Å². The maximum absolute atomic E-state index is 11.3. The molecule has 0 radical (unpaired) electrons. The van der Waals surface area contributed by atoms with Crippen molar-refractivity contribution in [2.24, 2.45) is 16.7 Å². The van der Waals surface area contributed by atoms with Gasteiger partial charge in [0.15, 0.2) is 16.6 Å². The summed E-state index contributed by atoms with van der Waals surface area (Å²) in [5.41, 5.74) is 0.468. The molecule has 0 aliphatic heterocycles. The second kappa shape index (κ2) is 14.3. The zero-order chi connectivity index (χ0) is 29.3. The molecule has 3 unspecified atom stereocenters. The van der Waals surface area contributed by atoms with Crippen LogP contribution in [0, 0.1) is 16.7 Å². The topological polar surface area (TPSA) is 112 Å². The van der Waals surface area contributed by atoms with Crippen LogP contribution in [0.5, 0.6) is 0 Å². The van der Waals surface area contributed by atoms with Crippen LogP contribution < -0.4 is 0 Å². The monoisotopic (exact) mass is 576 g/mol. The third-order valence-electron chi connectivity index (χ3n) is 6.93. The normalized spacial score (nSPS) is 24.1. The number of hydrogen-bond acceptors (Lipinski definition) is 8. The maximum Gasteiger partial charge on any atom is 0.353 e. The Morgan fingerprint density at radius 1 is 0.892 bits per heavy atom. The van der Waals surface area contributed by atoms with Gasteiger partial charge in [0.05, 0.1) is 13.2 Å². The first-order valence-electron chi connectivity index (χ1n) is 12.9. The summed E-state index contributed by atoms with van der Waals surface area (Å²) < 4.78 is 23.0. The maximum atomic E-state index is 11.3. The summed E-state index contributed by atoms with van der Waals surface area (Å²) in [7, 11) is -5.93. The van der Waals surface area contributed by atoms with Crippen LogP contribution in [0.2, 0.25) is 45.8 Å². The summed E-state index contributed by atoms with van der Waals surface area (Å²) in [5, 5.41) is 15.2. The molecule has 0 heterocycles. The van der Waals surface area contributed by atoms with Gasteiger partial charge in [-0.25, -0.2) is 9.59 Å². The first-order valence-corrected chi connectivity index (χ1v) is 22.3. The third-order valence-corrected chi connectivity index (χ3v) is 15.9. The summed E-state index contributed by atoms with van der Waals surface area (Å²) in [6, 6.07) is 0. The van der Waals surface area contributed by atoms with Gasteiger partial charge in [0.2, 0.25) is 0 Å². The summed E-state index contributed by atoms with van der Waals surface area (Å²) in [6.07, 6.45) is 6.25. The molecule has 2 bridgehead atoms. The van der Waals surface area contributed by atoms with E-state index < -0.39 is 31.2 Å². The lowest BCUT2D eigenvalue weighted by molar-refractivity contribution is -0.150. The van der Waals surface area contributed by atoms with Crippen LogP contribution in [-0.2, 0) is 27.3 Å². The first kappa shape index (κ1) is 35.9. The number of esters is 2. The number of rotatable bonds is 10. The van der Waals surface area contributed by atoms with E-state index in [0.29, 0.717) is 11.3 Å². The minimum absolute atomic E-state index is 0.0942. The van der Waals surface area contributed by atoms with Gasteiger partial charge in [0, 0.05) is 17.6 Å². The summed E-state index contributed by atoms with van der Waals surface area (Å²) in [6.45, 7) is 28.1. The summed E-state index contributed by atoms with van der Waals surface area (Å²) >= 11 is 0.